The number of nitrogens with zero attached hydrogens (tertiary/aromatic N) is 2. The molecule has 0 radical (unpaired) electrons. The molecule has 2 heterocycles. The maximum atomic E-state index is 12.1. The van der Waals surface area contributed by atoms with Crippen molar-refractivity contribution in [3.05, 3.63) is 42.2 Å². The minimum atomic E-state index is -4.44. The predicted octanol–water partition coefficient (Wildman–Crippen LogP) is 2.68. The molecule has 23 heavy (non-hydrogen) atoms. The molecule has 0 aliphatic carbocycles. The molecule has 1 N–H and O–H groups in total. The Morgan fingerprint density at radius 2 is 2.04 bits per heavy atom. The van der Waals surface area contributed by atoms with Crippen molar-refractivity contribution in [1.82, 2.24) is 9.97 Å². The number of pyridine rings is 2. The Morgan fingerprint density at radius 3 is 2.65 bits per heavy atom. The number of amides is 1. The van der Waals surface area contributed by atoms with Crippen LogP contribution in [0.1, 0.15) is 10.4 Å². The van der Waals surface area contributed by atoms with Crippen molar-refractivity contribution >= 4 is 11.6 Å². The van der Waals surface area contributed by atoms with E-state index in [1.54, 1.807) is 6.07 Å². The van der Waals surface area contributed by atoms with Crippen LogP contribution >= 0.6 is 0 Å². The molecule has 0 bridgehead atoms. The summed E-state index contributed by atoms with van der Waals surface area (Å²) in [4.78, 5) is 19.7. The van der Waals surface area contributed by atoms with E-state index >= 15 is 0 Å². The molecule has 122 valence electrons. The van der Waals surface area contributed by atoms with Crippen molar-refractivity contribution < 1.29 is 27.4 Å². The minimum Gasteiger partial charge on any atom is -0.480 e. The molecule has 0 spiro atoms. The largest absolute Gasteiger partial charge is 0.480 e. The van der Waals surface area contributed by atoms with E-state index in [2.05, 4.69) is 20.0 Å². The lowest BCUT2D eigenvalue weighted by atomic mass is 10.2. The van der Waals surface area contributed by atoms with E-state index in [4.69, 9.17) is 4.74 Å². The topological polar surface area (TPSA) is 73.3 Å². The van der Waals surface area contributed by atoms with Crippen molar-refractivity contribution in [3.8, 4) is 11.8 Å². The smallest absolute Gasteiger partial charge is 0.422 e. The summed E-state index contributed by atoms with van der Waals surface area (Å²) in [5.74, 6) is -0.525. The number of hydrogen-bond acceptors (Lipinski definition) is 5. The molecule has 1 amide bonds. The maximum Gasteiger partial charge on any atom is 0.422 e. The number of nitrogens with one attached hydrogen (secondary N) is 1. The van der Waals surface area contributed by atoms with Gasteiger partial charge in [0, 0.05) is 12.3 Å². The zero-order chi connectivity index (χ0) is 16.9. The monoisotopic (exact) mass is 327 g/mol. The van der Waals surface area contributed by atoms with Gasteiger partial charge in [-0.2, -0.15) is 13.2 Å². The molecule has 0 saturated carbocycles. The molecular formula is C14H12F3N3O3. The first-order valence-corrected chi connectivity index (χ1v) is 6.35. The van der Waals surface area contributed by atoms with Crippen LogP contribution < -0.4 is 14.8 Å². The van der Waals surface area contributed by atoms with E-state index in [0.717, 1.165) is 0 Å². The third kappa shape index (κ3) is 4.83. The summed E-state index contributed by atoms with van der Waals surface area (Å²) in [5.41, 5.74) is 0.507. The SMILES string of the molecule is COc1ncccc1C(=O)Nc1ccc(OCC(F)(F)F)nc1. The Labute approximate surface area is 129 Å². The Bertz CT molecular complexity index is 675. The molecule has 9 heteroatoms. The number of carbonyl (C=O) groups excluding carboxylic acids is 1. The Hall–Kier alpha value is -2.84. The molecule has 6 nitrogen and oxygen atoms in total. The molecule has 2 rings (SSSR count). The van der Waals surface area contributed by atoms with Gasteiger partial charge in [-0.05, 0) is 18.2 Å². The number of aromatic nitrogens is 2. The second-order valence-corrected chi connectivity index (χ2v) is 4.30. The van der Waals surface area contributed by atoms with Crippen molar-refractivity contribution in [2.45, 2.75) is 6.18 Å². The highest BCUT2D eigenvalue weighted by Gasteiger charge is 2.28. The number of hydrogen-bond donors (Lipinski definition) is 1. The van der Waals surface area contributed by atoms with Gasteiger partial charge in [-0.15, -0.1) is 0 Å². The number of anilines is 1. The average molecular weight is 327 g/mol. The predicted molar refractivity (Wildman–Crippen MR) is 74.5 cm³/mol. The van der Waals surface area contributed by atoms with Crippen LogP contribution in [0.2, 0.25) is 0 Å². The third-order valence-electron chi connectivity index (χ3n) is 2.59. The zero-order valence-corrected chi connectivity index (χ0v) is 11.9. The fourth-order valence-corrected chi connectivity index (χ4v) is 1.62. The quantitative estimate of drug-likeness (QED) is 0.914. The summed E-state index contributed by atoms with van der Waals surface area (Å²) in [6, 6.07) is 5.69. The van der Waals surface area contributed by atoms with Gasteiger partial charge in [-0.25, -0.2) is 9.97 Å². The second kappa shape index (κ2) is 6.95. The summed E-state index contributed by atoms with van der Waals surface area (Å²) >= 11 is 0. The van der Waals surface area contributed by atoms with E-state index < -0.39 is 18.7 Å². The molecule has 0 fully saturated rings. The van der Waals surface area contributed by atoms with Crippen molar-refractivity contribution in [3.63, 3.8) is 0 Å². The minimum absolute atomic E-state index is 0.156. The molecule has 0 aliphatic heterocycles. The van der Waals surface area contributed by atoms with Gasteiger partial charge in [0.15, 0.2) is 6.61 Å². The average Bonchev–Trinajstić information content (AvgIpc) is 2.53. The van der Waals surface area contributed by atoms with E-state index in [1.165, 1.54) is 37.7 Å². The lowest BCUT2D eigenvalue weighted by Crippen LogP contribution is -2.19. The third-order valence-corrected chi connectivity index (χ3v) is 2.59. The van der Waals surface area contributed by atoms with Gasteiger partial charge in [0.05, 0.1) is 19.0 Å². The fourth-order valence-electron chi connectivity index (χ4n) is 1.62. The van der Waals surface area contributed by atoms with Crippen LogP contribution in [0.3, 0.4) is 0 Å². The highest BCUT2D eigenvalue weighted by molar-refractivity contribution is 6.05. The van der Waals surface area contributed by atoms with Crippen LogP contribution in [0.15, 0.2) is 36.7 Å². The Morgan fingerprint density at radius 1 is 1.26 bits per heavy atom. The summed E-state index contributed by atoms with van der Waals surface area (Å²) < 4.78 is 45.5. The number of ether oxygens (including phenoxy) is 2. The zero-order valence-electron chi connectivity index (χ0n) is 11.9. The van der Waals surface area contributed by atoms with Crippen LogP contribution in [0.5, 0.6) is 11.8 Å². The van der Waals surface area contributed by atoms with E-state index in [9.17, 15) is 18.0 Å². The molecule has 0 aliphatic rings. The van der Waals surface area contributed by atoms with Gasteiger partial charge >= 0.3 is 6.18 Å². The summed E-state index contributed by atoms with van der Waals surface area (Å²) in [7, 11) is 1.38. The van der Waals surface area contributed by atoms with Crippen molar-refractivity contribution in [2.75, 3.05) is 19.0 Å². The number of rotatable bonds is 5. The summed E-state index contributed by atoms with van der Waals surface area (Å²) in [6.07, 6.45) is -1.78. The lowest BCUT2D eigenvalue weighted by Gasteiger charge is -2.10. The normalized spacial score (nSPS) is 11.0. The van der Waals surface area contributed by atoms with Gasteiger partial charge in [0.25, 0.3) is 5.91 Å². The van der Waals surface area contributed by atoms with E-state index in [0.29, 0.717) is 5.69 Å². The van der Waals surface area contributed by atoms with Crippen molar-refractivity contribution in [1.29, 1.82) is 0 Å². The fraction of sp³-hybridized carbons (Fsp3) is 0.214. The molecule has 2 aromatic rings. The standard InChI is InChI=1S/C14H12F3N3O3/c1-22-13-10(3-2-6-18-13)12(21)20-9-4-5-11(19-7-9)23-8-14(15,16)17/h2-7H,8H2,1H3,(H,20,21). The molecule has 0 saturated heterocycles. The van der Waals surface area contributed by atoms with Crippen LogP contribution in [0, 0.1) is 0 Å². The summed E-state index contributed by atoms with van der Waals surface area (Å²) in [5, 5.41) is 2.53. The molecule has 0 aromatic carbocycles. The van der Waals surface area contributed by atoms with E-state index in [-0.39, 0.29) is 17.3 Å². The number of carbonyl (C=O) groups is 1. The highest BCUT2D eigenvalue weighted by atomic mass is 19.4. The first-order chi connectivity index (χ1) is 10.9. The molecular weight excluding hydrogens is 315 g/mol. The molecule has 0 atom stereocenters. The van der Waals surface area contributed by atoms with Crippen LogP contribution in [-0.4, -0.2) is 35.8 Å². The van der Waals surface area contributed by atoms with Gasteiger partial charge in [0.1, 0.15) is 5.56 Å². The number of alkyl halides is 3. The van der Waals surface area contributed by atoms with Gasteiger partial charge in [-0.1, -0.05) is 0 Å². The highest BCUT2D eigenvalue weighted by Crippen LogP contribution is 2.19. The van der Waals surface area contributed by atoms with Gasteiger partial charge in [0.2, 0.25) is 11.8 Å². The van der Waals surface area contributed by atoms with Crippen LogP contribution in [0.4, 0.5) is 18.9 Å². The van der Waals surface area contributed by atoms with Crippen LogP contribution in [-0.2, 0) is 0 Å². The molecule has 2 aromatic heterocycles. The van der Waals surface area contributed by atoms with E-state index in [1.807, 2.05) is 0 Å². The first-order valence-electron chi connectivity index (χ1n) is 6.35. The van der Waals surface area contributed by atoms with Gasteiger partial charge in [-0.3, -0.25) is 4.79 Å². The maximum absolute atomic E-state index is 12.1. The Balaban J connectivity index is 2.02. The lowest BCUT2D eigenvalue weighted by molar-refractivity contribution is -0.154. The van der Waals surface area contributed by atoms with Gasteiger partial charge < -0.3 is 14.8 Å². The second-order valence-electron chi connectivity index (χ2n) is 4.30. The molecule has 0 unspecified atom stereocenters. The summed E-state index contributed by atoms with van der Waals surface area (Å²) in [6.45, 7) is -1.43. The van der Waals surface area contributed by atoms with Crippen molar-refractivity contribution in [2.24, 2.45) is 0 Å². The number of halogens is 3. The van der Waals surface area contributed by atoms with Crippen LogP contribution in [0.25, 0.3) is 0 Å². The first kappa shape index (κ1) is 16.5. The number of methoxy groups -OCH3 is 1. The Kier molecular flexibility index (Phi) is 4.99.